The lowest BCUT2D eigenvalue weighted by Gasteiger charge is -2.15. The summed E-state index contributed by atoms with van der Waals surface area (Å²) < 4.78 is 15.4. The SMILES string of the molecule is COc1ccc(OC(C)CNc2nc(C(C)(C)C)ns2)cc1. The van der Waals surface area contributed by atoms with Crippen molar-refractivity contribution in [2.24, 2.45) is 0 Å². The molecule has 22 heavy (non-hydrogen) atoms. The van der Waals surface area contributed by atoms with E-state index in [0.717, 1.165) is 22.5 Å². The maximum atomic E-state index is 5.85. The Labute approximate surface area is 135 Å². The normalized spacial score (nSPS) is 12.8. The first kappa shape index (κ1) is 16.5. The standard InChI is InChI=1S/C16H23N3O2S/c1-11(21-13-8-6-12(20-5)7-9-13)10-17-15-18-14(19-22-15)16(2,3)4/h6-9,11H,10H2,1-5H3,(H,17,18,19). The average Bonchev–Trinajstić information content (AvgIpc) is 2.95. The van der Waals surface area contributed by atoms with Gasteiger partial charge in [0, 0.05) is 16.9 Å². The Morgan fingerprint density at radius 3 is 2.36 bits per heavy atom. The number of nitrogens with one attached hydrogen (secondary N) is 1. The van der Waals surface area contributed by atoms with E-state index < -0.39 is 0 Å². The van der Waals surface area contributed by atoms with Gasteiger partial charge in [0.05, 0.1) is 13.7 Å². The summed E-state index contributed by atoms with van der Waals surface area (Å²) in [4.78, 5) is 4.51. The van der Waals surface area contributed by atoms with Gasteiger partial charge < -0.3 is 14.8 Å². The van der Waals surface area contributed by atoms with Crippen molar-refractivity contribution in [2.45, 2.75) is 39.2 Å². The molecule has 2 rings (SSSR count). The molecule has 1 unspecified atom stereocenters. The zero-order valence-corrected chi connectivity index (χ0v) is 14.5. The Morgan fingerprint density at radius 1 is 1.18 bits per heavy atom. The van der Waals surface area contributed by atoms with Crippen molar-refractivity contribution < 1.29 is 9.47 Å². The van der Waals surface area contributed by atoms with Gasteiger partial charge in [0.1, 0.15) is 23.4 Å². The summed E-state index contributed by atoms with van der Waals surface area (Å²) in [5, 5.41) is 4.10. The van der Waals surface area contributed by atoms with E-state index in [1.165, 1.54) is 11.5 Å². The molecule has 1 heterocycles. The van der Waals surface area contributed by atoms with Crippen molar-refractivity contribution in [1.29, 1.82) is 0 Å². The molecule has 1 atom stereocenters. The predicted molar refractivity (Wildman–Crippen MR) is 90.2 cm³/mol. The third-order valence-electron chi connectivity index (χ3n) is 3.03. The first-order chi connectivity index (χ1) is 10.4. The molecule has 0 bridgehead atoms. The molecule has 0 radical (unpaired) electrons. The highest BCUT2D eigenvalue weighted by Crippen LogP contribution is 2.23. The Kier molecular flexibility index (Phi) is 5.24. The summed E-state index contributed by atoms with van der Waals surface area (Å²) in [5.74, 6) is 2.51. The van der Waals surface area contributed by atoms with E-state index in [-0.39, 0.29) is 11.5 Å². The quantitative estimate of drug-likeness (QED) is 0.878. The second kappa shape index (κ2) is 6.96. The molecule has 1 aromatic carbocycles. The van der Waals surface area contributed by atoms with Crippen molar-refractivity contribution in [3.05, 3.63) is 30.1 Å². The van der Waals surface area contributed by atoms with Crippen LogP contribution in [-0.2, 0) is 5.41 Å². The lowest BCUT2D eigenvalue weighted by atomic mass is 9.96. The monoisotopic (exact) mass is 321 g/mol. The van der Waals surface area contributed by atoms with Crippen LogP contribution in [-0.4, -0.2) is 29.1 Å². The second-order valence-electron chi connectivity index (χ2n) is 6.16. The molecule has 0 aliphatic heterocycles. The van der Waals surface area contributed by atoms with Crippen LogP contribution in [0.25, 0.3) is 0 Å². The van der Waals surface area contributed by atoms with Gasteiger partial charge in [-0.25, -0.2) is 4.98 Å². The van der Waals surface area contributed by atoms with Crippen LogP contribution in [0.4, 0.5) is 5.13 Å². The lowest BCUT2D eigenvalue weighted by Crippen LogP contribution is -2.22. The van der Waals surface area contributed by atoms with Crippen LogP contribution in [0, 0.1) is 0 Å². The maximum Gasteiger partial charge on any atom is 0.202 e. The zero-order valence-electron chi connectivity index (χ0n) is 13.7. The topological polar surface area (TPSA) is 56.3 Å². The maximum absolute atomic E-state index is 5.85. The van der Waals surface area contributed by atoms with E-state index >= 15 is 0 Å². The molecule has 0 saturated heterocycles. The molecule has 1 aromatic heterocycles. The highest BCUT2D eigenvalue weighted by Gasteiger charge is 2.19. The van der Waals surface area contributed by atoms with E-state index in [9.17, 15) is 0 Å². The van der Waals surface area contributed by atoms with Crippen molar-refractivity contribution in [2.75, 3.05) is 19.0 Å². The summed E-state index contributed by atoms with van der Waals surface area (Å²) in [6.45, 7) is 9.00. The van der Waals surface area contributed by atoms with Gasteiger partial charge in [0.25, 0.3) is 0 Å². The van der Waals surface area contributed by atoms with Crippen LogP contribution in [0.3, 0.4) is 0 Å². The molecule has 0 saturated carbocycles. The van der Waals surface area contributed by atoms with E-state index in [4.69, 9.17) is 9.47 Å². The van der Waals surface area contributed by atoms with Crippen molar-refractivity contribution in [3.63, 3.8) is 0 Å². The van der Waals surface area contributed by atoms with Crippen molar-refractivity contribution >= 4 is 16.7 Å². The number of methoxy groups -OCH3 is 1. The molecule has 120 valence electrons. The molecule has 0 fully saturated rings. The van der Waals surface area contributed by atoms with E-state index in [1.54, 1.807) is 7.11 Å². The van der Waals surface area contributed by atoms with Gasteiger partial charge in [0.2, 0.25) is 5.13 Å². The minimum Gasteiger partial charge on any atom is -0.497 e. The number of hydrogen-bond acceptors (Lipinski definition) is 6. The minimum absolute atomic E-state index is 0.0235. The second-order valence-corrected chi connectivity index (χ2v) is 6.91. The van der Waals surface area contributed by atoms with Crippen LogP contribution in [0.5, 0.6) is 11.5 Å². The zero-order chi connectivity index (χ0) is 16.2. The smallest absolute Gasteiger partial charge is 0.202 e. The van der Waals surface area contributed by atoms with Crippen LogP contribution in [0.2, 0.25) is 0 Å². The highest BCUT2D eigenvalue weighted by molar-refractivity contribution is 7.09. The van der Waals surface area contributed by atoms with Gasteiger partial charge in [-0.1, -0.05) is 20.8 Å². The fourth-order valence-corrected chi connectivity index (χ4v) is 2.52. The Hall–Kier alpha value is -1.82. The van der Waals surface area contributed by atoms with Gasteiger partial charge in [0.15, 0.2) is 0 Å². The van der Waals surface area contributed by atoms with Gasteiger partial charge in [-0.3, -0.25) is 0 Å². The summed E-state index contributed by atoms with van der Waals surface area (Å²) >= 11 is 1.39. The largest absolute Gasteiger partial charge is 0.497 e. The lowest BCUT2D eigenvalue weighted by molar-refractivity contribution is 0.234. The third kappa shape index (κ3) is 4.59. The number of hydrogen-bond donors (Lipinski definition) is 1. The predicted octanol–water partition coefficient (Wildman–Crippen LogP) is 3.72. The van der Waals surface area contributed by atoms with Crippen molar-refractivity contribution in [1.82, 2.24) is 9.36 Å². The Bertz CT molecular complexity index is 590. The molecule has 0 spiro atoms. The molecule has 1 N–H and O–H groups in total. The Morgan fingerprint density at radius 2 is 1.82 bits per heavy atom. The van der Waals surface area contributed by atoms with Crippen LogP contribution in [0.15, 0.2) is 24.3 Å². The molecule has 5 nitrogen and oxygen atoms in total. The molecule has 0 aliphatic rings. The number of aromatic nitrogens is 2. The van der Waals surface area contributed by atoms with E-state index in [2.05, 4.69) is 35.4 Å². The number of nitrogens with zero attached hydrogens (tertiary/aromatic N) is 2. The van der Waals surface area contributed by atoms with Gasteiger partial charge in [-0.05, 0) is 31.2 Å². The fraction of sp³-hybridized carbons (Fsp3) is 0.500. The average molecular weight is 321 g/mol. The van der Waals surface area contributed by atoms with Crippen LogP contribution in [0.1, 0.15) is 33.5 Å². The molecule has 0 aliphatic carbocycles. The van der Waals surface area contributed by atoms with E-state index in [0.29, 0.717) is 6.54 Å². The fourth-order valence-electron chi connectivity index (χ4n) is 1.76. The number of benzene rings is 1. The Balaban J connectivity index is 1.84. The summed E-state index contributed by atoms with van der Waals surface area (Å²) in [7, 11) is 1.65. The van der Waals surface area contributed by atoms with Gasteiger partial charge in [-0.15, -0.1) is 0 Å². The van der Waals surface area contributed by atoms with Crippen LogP contribution >= 0.6 is 11.5 Å². The summed E-state index contributed by atoms with van der Waals surface area (Å²) in [6, 6.07) is 7.57. The van der Waals surface area contributed by atoms with Gasteiger partial charge in [-0.2, -0.15) is 4.37 Å². The molecular weight excluding hydrogens is 298 g/mol. The summed E-state index contributed by atoms with van der Waals surface area (Å²) in [5.41, 5.74) is -0.0262. The van der Waals surface area contributed by atoms with Gasteiger partial charge >= 0.3 is 0 Å². The third-order valence-corrected chi connectivity index (χ3v) is 3.71. The highest BCUT2D eigenvalue weighted by atomic mass is 32.1. The minimum atomic E-state index is -0.0262. The first-order valence-corrected chi connectivity index (χ1v) is 8.04. The number of anilines is 1. The number of rotatable bonds is 6. The number of ether oxygens (including phenoxy) is 2. The van der Waals surface area contributed by atoms with Crippen molar-refractivity contribution in [3.8, 4) is 11.5 Å². The molecule has 6 heteroatoms. The molecule has 2 aromatic rings. The molecule has 0 amide bonds. The summed E-state index contributed by atoms with van der Waals surface area (Å²) in [6.07, 6.45) is 0.0235. The molecular formula is C16H23N3O2S. The van der Waals surface area contributed by atoms with E-state index in [1.807, 2.05) is 31.2 Å². The van der Waals surface area contributed by atoms with Crippen LogP contribution < -0.4 is 14.8 Å². The first-order valence-electron chi connectivity index (χ1n) is 7.27.